The largest absolute Gasteiger partial charge is 0.464 e. The monoisotopic (exact) mass is 296 g/mol. The van der Waals surface area contributed by atoms with Gasteiger partial charge in [-0.1, -0.05) is 6.07 Å². The van der Waals surface area contributed by atoms with E-state index in [-0.39, 0.29) is 29.2 Å². The van der Waals surface area contributed by atoms with E-state index in [2.05, 4.69) is 25.7 Å². The Bertz CT molecular complexity index is 652. The van der Waals surface area contributed by atoms with E-state index in [1.54, 1.807) is 6.92 Å². The molecule has 9 heteroatoms. The van der Waals surface area contributed by atoms with E-state index in [9.17, 15) is 8.78 Å². The molecule has 1 aromatic carbocycles. The number of nitrogens with one attached hydrogen (secondary N) is 2. The molecule has 21 heavy (non-hydrogen) atoms. The van der Waals surface area contributed by atoms with Crippen LogP contribution in [0.15, 0.2) is 12.1 Å². The number of benzene rings is 1. The van der Waals surface area contributed by atoms with E-state index >= 15 is 0 Å². The topological polar surface area (TPSA) is 98.0 Å². The molecule has 0 fully saturated rings. The first-order valence-corrected chi connectivity index (χ1v) is 6.12. The molecule has 1 heterocycles. The molecule has 0 amide bonds. The van der Waals surface area contributed by atoms with E-state index in [0.29, 0.717) is 6.61 Å². The van der Waals surface area contributed by atoms with Crippen LogP contribution in [0.25, 0.3) is 0 Å². The SMILES string of the molecule is CCOc1nc(NN)nc(Nc2c(F)ccc(C)c2F)n1. The van der Waals surface area contributed by atoms with Gasteiger partial charge in [-0.05, 0) is 25.5 Å². The minimum Gasteiger partial charge on any atom is -0.464 e. The van der Waals surface area contributed by atoms with Gasteiger partial charge in [0.1, 0.15) is 11.5 Å². The Hall–Kier alpha value is -2.55. The summed E-state index contributed by atoms with van der Waals surface area (Å²) < 4.78 is 32.8. The summed E-state index contributed by atoms with van der Waals surface area (Å²) in [5.74, 6) is 3.65. The zero-order chi connectivity index (χ0) is 15.4. The first-order chi connectivity index (χ1) is 10.0. The van der Waals surface area contributed by atoms with Crippen LogP contribution in [0, 0.1) is 18.6 Å². The molecule has 0 radical (unpaired) electrons. The summed E-state index contributed by atoms with van der Waals surface area (Å²) in [5, 5.41) is 2.47. The summed E-state index contributed by atoms with van der Waals surface area (Å²) in [4.78, 5) is 11.6. The molecule has 0 saturated carbocycles. The van der Waals surface area contributed by atoms with Crippen LogP contribution in [0.1, 0.15) is 12.5 Å². The van der Waals surface area contributed by atoms with Crippen LogP contribution in [0.2, 0.25) is 0 Å². The molecule has 0 bridgehead atoms. The minimum absolute atomic E-state index is 0.00409. The number of halogens is 2. The van der Waals surface area contributed by atoms with Crippen molar-refractivity contribution >= 4 is 17.6 Å². The van der Waals surface area contributed by atoms with Crippen molar-refractivity contribution in [3.63, 3.8) is 0 Å². The average molecular weight is 296 g/mol. The van der Waals surface area contributed by atoms with E-state index in [0.717, 1.165) is 6.07 Å². The van der Waals surface area contributed by atoms with Gasteiger partial charge in [-0.3, -0.25) is 5.43 Å². The van der Waals surface area contributed by atoms with Crippen LogP contribution < -0.4 is 21.3 Å². The number of hydrogen-bond donors (Lipinski definition) is 3. The third-order valence-electron chi connectivity index (χ3n) is 2.54. The van der Waals surface area contributed by atoms with E-state index < -0.39 is 11.6 Å². The Labute approximate surface area is 119 Å². The van der Waals surface area contributed by atoms with Gasteiger partial charge in [-0.25, -0.2) is 14.6 Å². The van der Waals surface area contributed by atoms with Crippen molar-refractivity contribution in [2.75, 3.05) is 17.3 Å². The molecule has 0 atom stereocenters. The zero-order valence-corrected chi connectivity index (χ0v) is 11.4. The molecule has 0 aliphatic rings. The van der Waals surface area contributed by atoms with Crippen LogP contribution in [0.3, 0.4) is 0 Å². The highest BCUT2D eigenvalue weighted by atomic mass is 19.1. The first-order valence-electron chi connectivity index (χ1n) is 6.12. The Morgan fingerprint density at radius 1 is 1.19 bits per heavy atom. The van der Waals surface area contributed by atoms with Gasteiger partial charge in [-0.2, -0.15) is 15.0 Å². The van der Waals surface area contributed by atoms with Crippen LogP contribution >= 0.6 is 0 Å². The predicted molar refractivity (Wildman–Crippen MR) is 73.2 cm³/mol. The van der Waals surface area contributed by atoms with Gasteiger partial charge in [0.15, 0.2) is 5.82 Å². The molecule has 4 N–H and O–H groups in total. The van der Waals surface area contributed by atoms with Gasteiger partial charge < -0.3 is 10.1 Å². The summed E-state index contributed by atoms with van der Waals surface area (Å²) in [6.07, 6.45) is 0. The van der Waals surface area contributed by atoms with Gasteiger partial charge in [0, 0.05) is 0 Å². The number of ether oxygens (including phenoxy) is 1. The minimum atomic E-state index is -0.765. The maximum atomic E-state index is 13.9. The lowest BCUT2D eigenvalue weighted by Gasteiger charge is -2.10. The molecule has 0 spiro atoms. The van der Waals surface area contributed by atoms with E-state index in [1.165, 1.54) is 13.0 Å². The molecule has 112 valence electrons. The Kier molecular flexibility index (Phi) is 4.43. The second kappa shape index (κ2) is 6.27. The van der Waals surface area contributed by atoms with Gasteiger partial charge in [0.05, 0.1) is 6.61 Å². The quantitative estimate of drug-likeness (QED) is 0.572. The summed E-state index contributed by atoms with van der Waals surface area (Å²) in [6.45, 7) is 3.58. The molecule has 0 saturated heterocycles. The molecular formula is C12H14F2N6O. The Morgan fingerprint density at radius 3 is 2.57 bits per heavy atom. The van der Waals surface area contributed by atoms with Crippen LogP contribution in [-0.4, -0.2) is 21.6 Å². The molecule has 2 aromatic rings. The van der Waals surface area contributed by atoms with Crippen molar-refractivity contribution in [3.8, 4) is 6.01 Å². The van der Waals surface area contributed by atoms with Gasteiger partial charge >= 0.3 is 6.01 Å². The number of hydrazine groups is 1. The molecule has 7 nitrogen and oxygen atoms in total. The number of nitrogen functional groups attached to an aromatic ring is 1. The molecular weight excluding hydrogens is 282 g/mol. The van der Waals surface area contributed by atoms with Crippen molar-refractivity contribution < 1.29 is 13.5 Å². The maximum Gasteiger partial charge on any atom is 0.323 e. The molecule has 2 rings (SSSR count). The van der Waals surface area contributed by atoms with Crippen molar-refractivity contribution in [2.24, 2.45) is 5.84 Å². The fraction of sp³-hybridized carbons (Fsp3) is 0.250. The Balaban J connectivity index is 2.39. The highest BCUT2D eigenvalue weighted by Gasteiger charge is 2.14. The molecule has 0 aliphatic heterocycles. The lowest BCUT2D eigenvalue weighted by atomic mass is 10.2. The lowest BCUT2D eigenvalue weighted by molar-refractivity contribution is 0.312. The number of aryl methyl sites for hydroxylation is 1. The number of anilines is 3. The second-order valence-corrected chi connectivity index (χ2v) is 4.02. The Morgan fingerprint density at radius 2 is 1.90 bits per heavy atom. The fourth-order valence-corrected chi connectivity index (χ4v) is 1.55. The highest BCUT2D eigenvalue weighted by molar-refractivity contribution is 5.57. The van der Waals surface area contributed by atoms with Crippen LogP contribution in [0.5, 0.6) is 6.01 Å². The van der Waals surface area contributed by atoms with Gasteiger partial charge in [0.25, 0.3) is 0 Å². The van der Waals surface area contributed by atoms with Crippen molar-refractivity contribution in [3.05, 3.63) is 29.3 Å². The van der Waals surface area contributed by atoms with E-state index in [1.807, 2.05) is 0 Å². The number of hydrogen-bond acceptors (Lipinski definition) is 7. The van der Waals surface area contributed by atoms with Crippen molar-refractivity contribution in [1.82, 2.24) is 15.0 Å². The van der Waals surface area contributed by atoms with E-state index in [4.69, 9.17) is 10.6 Å². The smallest absolute Gasteiger partial charge is 0.323 e. The standard InChI is InChI=1S/C12H14F2N6O/c1-3-21-12-18-10(17-11(19-12)20-15)16-9-7(13)5-4-6(2)8(9)14/h4-5H,3,15H2,1-2H3,(H2,16,17,18,19,20). The summed E-state index contributed by atoms with van der Waals surface area (Å²) in [6, 6.07) is 2.46. The number of rotatable bonds is 5. The third kappa shape index (κ3) is 3.31. The average Bonchev–Trinajstić information content (AvgIpc) is 2.48. The maximum absolute atomic E-state index is 13.9. The summed E-state index contributed by atoms with van der Waals surface area (Å²) in [7, 11) is 0. The lowest BCUT2D eigenvalue weighted by Crippen LogP contribution is -2.14. The van der Waals surface area contributed by atoms with Gasteiger partial charge in [-0.15, -0.1) is 0 Å². The summed E-state index contributed by atoms with van der Waals surface area (Å²) >= 11 is 0. The number of nitrogens with zero attached hydrogens (tertiary/aromatic N) is 3. The predicted octanol–water partition coefficient (Wildman–Crippen LogP) is 1.89. The molecule has 0 unspecified atom stereocenters. The second-order valence-electron chi connectivity index (χ2n) is 4.02. The number of nitrogens with two attached hydrogens (primary N) is 1. The number of aromatic nitrogens is 3. The van der Waals surface area contributed by atoms with Crippen molar-refractivity contribution in [1.29, 1.82) is 0 Å². The molecule has 0 aliphatic carbocycles. The normalized spacial score (nSPS) is 10.3. The molecule has 1 aromatic heterocycles. The first kappa shape index (κ1) is 14.9. The van der Waals surface area contributed by atoms with Crippen LogP contribution in [0.4, 0.5) is 26.4 Å². The van der Waals surface area contributed by atoms with Crippen LogP contribution in [-0.2, 0) is 0 Å². The summed E-state index contributed by atoms with van der Waals surface area (Å²) in [5.41, 5.74) is 2.16. The zero-order valence-electron chi connectivity index (χ0n) is 11.4. The van der Waals surface area contributed by atoms with Crippen molar-refractivity contribution in [2.45, 2.75) is 13.8 Å². The highest BCUT2D eigenvalue weighted by Crippen LogP contribution is 2.25. The fourth-order valence-electron chi connectivity index (χ4n) is 1.55. The third-order valence-corrected chi connectivity index (χ3v) is 2.54. The van der Waals surface area contributed by atoms with Gasteiger partial charge in [0.2, 0.25) is 11.9 Å².